The van der Waals surface area contributed by atoms with Gasteiger partial charge in [-0.2, -0.15) is 0 Å². The van der Waals surface area contributed by atoms with E-state index in [0.29, 0.717) is 15.6 Å². The van der Waals surface area contributed by atoms with E-state index < -0.39 is 0 Å². The van der Waals surface area contributed by atoms with E-state index in [1.807, 2.05) is 60.7 Å². The number of anilines is 1. The van der Waals surface area contributed by atoms with E-state index in [9.17, 15) is 4.79 Å². The van der Waals surface area contributed by atoms with Crippen LogP contribution in [0.4, 0.5) is 5.69 Å². The molecular formula is C27H23Cl2NO. The predicted molar refractivity (Wildman–Crippen MR) is 131 cm³/mol. The molecule has 0 aromatic heterocycles. The maximum Gasteiger partial charge on any atom is 0.262 e. The van der Waals surface area contributed by atoms with Crippen LogP contribution in [0.25, 0.3) is 11.8 Å². The van der Waals surface area contributed by atoms with Gasteiger partial charge < -0.3 is 0 Å². The topological polar surface area (TPSA) is 20.3 Å². The summed E-state index contributed by atoms with van der Waals surface area (Å²) in [5.41, 5.74) is 5.31. The van der Waals surface area contributed by atoms with Gasteiger partial charge in [-0.05, 0) is 65.9 Å². The Kier molecular flexibility index (Phi) is 6.60. The first-order valence-corrected chi connectivity index (χ1v) is 11.2. The lowest BCUT2D eigenvalue weighted by Crippen LogP contribution is -2.24. The van der Waals surface area contributed by atoms with Crippen molar-refractivity contribution in [3.05, 3.63) is 111 Å². The number of carbonyl (C=O) groups is 1. The van der Waals surface area contributed by atoms with Crippen molar-refractivity contribution in [2.24, 2.45) is 0 Å². The van der Waals surface area contributed by atoms with Crippen LogP contribution >= 0.6 is 23.2 Å². The molecule has 3 aromatic carbocycles. The van der Waals surface area contributed by atoms with Gasteiger partial charge in [0.05, 0.1) is 5.70 Å². The molecule has 0 fully saturated rings. The molecule has 0 aliphatic carbocycles. The average molecular weight is 448 g/mol. The minimum absolute atomic E-state index is 0.0776. The molecule has 0 atom stereocenters. The summed E-state index contributed by atoms with van der Waals surface area (Å²) in [6, 6.07) is 23.5. The largest absolute Gasteiger partial charge is 0.276 e. The van der Waals surface area contributed by atoms with E-state index in [0.717, 1.165) is 41.8 Å². The molecule has 0 unspecified atom stereocenters. The second-order valence-electron chi connectivity index (χ2n) is 7.57. The van der Waals surface area contributed by atoms with E-state index in [4.69, 9.17) is 23.2 Å². The van der Waals surface area contributed by atoms with Gasteiger partial charge in [-0.15, -0.1) is 0 Å². The number of benzene rings is 3. The number of hydrogen-bond acceptors (Lipinski definition) is 1. The van der Waals surface area contributed by atoms with Crippen LogP contribution in [0.3, 0.4) is 0 Å². The maximum absolute atomic E-state index is 13.5. The summed E-state index contributed by atoms with van der Waals surface area (Å²) < 4.78 is 0. The fraction of sp³-hybridized carbons (Fsp3) is 0.148. The third kappa shape index (κ3) is 4.76. The third-order valence-corrected chi connectivity index (χ3v) is 5.90. The normalized spacial score (nSPS) is 14.9. The molecule has 1 heterocycles. The van der Waals surface area contributed by atoms with Gasteiger partial charge in [0.25, 0.3) is 5.91 Å². The lowest BCUT2D eigenvalue weighted by atomic mass is 10.1. The standard InChI is InChI=1S/C27H23Cl2NO/c1-2-3-7-19-10-14-24(15-11-19)30-26(20-8-5-4-6-9-20)17-22(27(30)31)16-21-12-13-23(28)18-25(21)29/h4-6,8-18H,2-3,7H2,1H3/b22-16+. The van der Waals surface area contributed by atoms with E-state index in [2.05, 4.69) is 19.1 Å². The second-order valence-corrected chi connectivity index (χ2v) is 8.42. The fourth-order valence-corrected chi connectivity index (χ4v) is 4.13. The average Bonchev–Trinajstić information content (AvgIpc) is 3.11. The quantitative estimate of drug-likeness (QED) is 0.352. The number of halogens is 2. The molecule has 4 heteroatoms. The third-order valence-electron chi connectivity index (χ3n) is 5.34. The Hall–Kier alpha value is -2.81. The smallest absolute Gasteiger partial charge is 0.262 e. The van der Waals surface area contributed by atoms with Crippen LogP contribution in [0, 0.1) is 0 Å². The van der Waals surface area contributed by atoms with E-state index in [1.54, 1.807) is 17.0 Å². The highest BCUT2D eigenvalue weighted by Gasteiger charge is 2.30. The minimum atomic E-state index is -0.0776. The van der Waals surface area contributed by atoms with Gasteiger partial charge in [0.1, 0.15) is 0 Å². The molecule has 1 aliphatic rings. The first kappa shape index (κ1) is 21.4. The van der Waals surface area contributed by atoms with Crippen molar-refractivity contribution in [1.82, 2.24) is 0 Å². The number of carbonyl (C=O) groups excluding carboxylic acids is 1. The van der Waals surface area contributed by atoms with Crippen LogP contribution in [0.5, 0.6) is 0 Å². The van der Waals surface area contributed by atoms with Crippen LogP contribution in [0.15, 0.2) is 84.4 Å². The Morgan fingerprint density at radius 1 is 0.935 bits per heavy atom. The highest BCUT2D eigenvalue weighted by atomic mass is 35.5. The van der Waals surface area contributed by atoms with Crippen LogP contribution in [0.2, 0.25) is 10.0 Å². The molecule has 0 saturated heterocycles. The molecular weight excluding hydrogens is 425 g/mol. The van der Waals surface area contributed by atoms with E-state index in [-0.39, 0.29) is 5.91 Å². The Morgan fingerprint density at radius 2 is 1.68 bits per heavy atom. The molecule has 2 nitrogen and oxygen atoms in total. The molecule has 1 amide bonds. The lowest BCUT2D eigenvalue weighted by molar-refractivity contribution is -0.113. The molecule has 0 N–H and O–H groups in total. The lowest BCUT2D eigenvalue weighted by Gasteiger charge is -2.21. The van der Waals surface area contributed by atoms with Crippen molar-refractivity contribution in [2.45, 2.75) is 26.2 Å². The Labute approximate surface area is 193 Å². The first-order valence-electron chi connectivity index (χ1n) is 10.4. The molecule has 4 rings (SSSR count). The Balaban J connectivity index is 1.74. The highest BCUT2D eigenvalue weighted by Crippen LogP contribution is 2.36. The van der Waals surface area contributed by atoms with Gasteiger partial charge in [0.15, 0.2) is 0 Å². The summed E-state index contributed by atoms with van der Waals surface area (Å²) in [5.74, 6) is -0.0776. The fourth-order valence-electron chi connectivity index (χ4n) is 3.67. The summed E-state index contributed by atoms with van der Waals surface area (Å²) in [5, 5.41) is 1.08. The van der Waals surface area contributed by atoms with Crippen LogP contribution < -0.4 is 4.90 Å². The van der Waals surface area contributed by atoms with Crippen LogP contribution in [-0.4, -0.2) is 5.91 Å². The minimum Gasteiger partial charge on any atom is -0.276 e. The number of nitrogens with zero attached hydrogens (tertiary/aromatic N) is 1. The maximum atomic E-state index is 13.5. The first-order chi connectivity index (χ1) is 15.1. The van der Waals surface area contributed by atoms with Crippen molar-refractivity contribution in [2.75, 3.05) is 4.90 Å². The molecule has 0 spiro atoms. The van der Waals surface area contributed by atoms with Crippen molar-refractivity contribution >= 4 is 46.6 Å². The number of amides is 1. The van der Waals surface area contributed by atoms with Gasteiger partial charge in [0, 0.05) is 21.3 Å². The van der Waals surface area contributed by atoms with Crippen molar-refractivity contribution in [1.29, 1.82) is 0 Å². The number of hydrogen-bond donors (Lipinski definition) is 0. The van der Waals surface area contributed by atoms with E-state index >= 15 is 0 Å². The zero-order chi connectivity index (χ0) is 21.8. The second kappa shape index (κ2) is 9.55. The zero-order valence-corrected chi connectivity index (χ0v) is 18.8. The molecule has 3 aromatic rings. The van der Waals surface area contributed by atoms with Crippen LogP contribution in [-0.2, 0) is 11.2 Å². The molecule has 0 bridgehead atoms. The summed E-state index contributed by atoms with van der Waals surface area (Å²) in [6.45, 7) is 2.19. The van der Waals surface area contributed by atoms with Crippen molar-refractivity contribution in [3.63, 3.8) is 0 Å². The Bertz CT molecular complexity index is 1150. The number of unbranched alkanes of at least 4 members (excludes halogenated alkanes) is 1. The van der Waals surface area contributed by atoms with Crippen molar-refractivity contribution in [3.8, 4) is 0 Å². The van der Waals surface area contributed by atoms with Gasteiger partial charge >= 0.3 is 0 Å². The molecule has 1 aliphatic heterocycles. The SMILES string of the molecule is CCCCc1ccc(N2C(=O)/C(=C/c3ccc(Cl)cc3Cl)C=C2c2ccccc2)cc1. The van der Waals surface area contributed by atoms with Crippen LogP contribution in [0.1, 0.15) is 36.5 Å². The van der Waals surface area contributed by atoms with Gasteiger partial charge in [-0.3, -0.25) is 9.69 Å². The summed E-state index contributed by atoms with van der Waals surface area (Å²) in [6.07, 6.45) is 7.11. The molecule has 0 saturated carbocycles. The van der Waals surface area contributed by atoms with Gasteiger partial charge in [-0.1, -0.05) is 85.1 Å². The predicted octanol–water partition coefficient (Wildman–Crippen LogP) is 7.81. The number of aryl methyl sites for hydroxylation is 1. The summed E-state index contributed by atoms with van der Waals surface area (Å²) >= 11 is 12.4. The monoisotopic (exact) mass is 447 g/mol. The molecule has 31 heavy (non-hydrogen) atoms. The zero-order valence-electron chi connectivity index (χ0n) is 17.3. The Morgan fingerprint density at radius 3 is 2.35 bits per heavy atom. The van der Waals surface area contributed by atoms with E-state index in [1.165, 1.54) is 5.56 Å². The highest BCUT2D eigenvalue weighted by molar-refractivity contribution is 6.35. The summed E-state index contributed by atoms with van der Waals surface area (Å²) in [7, 11) is 0. The molecule has 0 radical (unpaired) electrons. The van der Waals surface area contributed by atoms with Gasteiger partial charge in [-0.25, -0.2) is 0 Å². The van der Waals surface area contributed by atoms with Gasteiger partial charge in [0.2, 0.25) is 0 Å². The number of rotatable bonds is 6. The molecule has 156 valence electrons. The summed E-state index contributed by atoms with van der Waals surface area (Å²) in [4.78, 5) is 15.2. The van der Waals surface area contributed by atoms with Crippen molar-refractivity contribution < 1.29 is 4.79 Å².